The predicted octanol–water partition coefficient (Wildman–Crippen LogP) is -0.469. The maximum absolute atomic E-state index is 13.0. The molecule has 0 aromatic heterocycles. The Bertz CT molecular complexity index is 319. The van der Waals surface area contributed by atoms with Crippen molar-refractivity contribution in [3.8, 4) is 5.75 Å². The summed E-state index contributed by atoms with van der Waals surface area (Å²) in [5.74, 6) is -0.305. The highest BCUT2D eigenvalue weighted by molar-refractivity contribution is 6.58. The summed E-state index contributed by atoms with van der Waals surface area (Å²) in [5, 5.41) is 17.7. The summed E-state index contributed by atoms with van der Waals surface area (Å²) in [5.41, 5.74) is -0.204. The molecule has 0 bridgehead atoms. The van der Waals surface area contributed by atoms with Gasteiger partial charge in [0.2, 0.25) is 0 Å². The molecular weight excluding hydrogens is 202 g/mol. The molecule has 6 heteroatoms. The van der Waals surface area contributed by atoms with Crippen LogP contribution in [-0.2, 0) is 4.74 Å². The van der Waals surface area contributed by atoms with E-state index in [4.69, 9.17) is 19.5 Å². The van der Waals surface area contributed by atoms with Crippen molar-refractivity contribution in [3.05, 3.63) is 24.0 Å². The lowest BCUT2D eigenvalue weighted by Crippen LogP contribution is -2.32. The lowest BCUT2D eigenvalue weighted by molar-refractivity contribution is 0.146. The van der Waals surface area contributed by atoms with Gasteiger partial charge in [0, 0.05) is 12.6 Å². The largest absolute Gasteiger partial charge is 0.491 e. The molecular formula is C9H12BFO4. The second-order valence-electron chi connectivity index (χ2n) is 2.90. The standard InChI is InChI=1S/C9H12BFO4/c1-14-4-5-15-7-2-3-9(11)8(6-7)10(12)13/h2-3,6,12-13H,4-5H2,1H3. The van der Waals surface area contributed by atoms with E-state index in [1.54, 1.807) is 0 Å². The first-order valence-corrected chi connectivity index (χ1v) is 4.42. The van der Waals surface area contributed by atoms with Crippen molar-refractivity contribution in [1.29, 1.82) is 0 Å². The number of hydrogen-bond donors (Lipinski definition) is 2. The Morgan fingerprint density at radius 2 is 2.07 bits per heavy atom. The minimum Gasteiger partial charge on any atom is -0.491 e. The molecule has 15 heavy (non-hydrogen) atoms. The molecule has 1 rings (SSSR count). The van der Waals surface area contributed by atoms with Gasteiger partial charge in [-0.25, -0.2) is 4.39 Å². The van der Waals surface area contributed by atoms with E-state index in [9.17, 15) is 4.39 Å². The highest BCUT2D eigenvalue weighted by Crippen LogP contribution is 2.09. The third kappa shape index (κ3) is 3.51. The van der Waals surface area contributed by atoms with Crippen molar-refractivity contribution in [3.63, 3.8) is 0 Å². The van der Waals surface area contributed by atoms with Crippen LogP contribution in [0.3, 0.4) is 0 Å². The van der Waals surface area contributed by atoms with Gasteiger partial charge in [-0.15, -0.1) is 0 Å². The fourth-order valence-electron chi connectivity index (χ4n) is 1.05. The Labute approximate surface area is 87.4 Å². The third-order valence-corrected chi connectivity index (χ3v) is 1.80. The van der Waals surface area contributed by atoms with E-state index in [0.29, 0.717) is 19.0 Å². The SMILES string of the molecule is COCCOc1ccc(F)c(B(O)O)c1. The van der Waals surface area contributed by atoms with Crippen LogP contribution in [0.5, 0.6) is 5.75 Å². The van der Waals surface area contributed by atoms with E-state index in [1.165, 1.54) is 19.2 Å². The first kappa shape index (κ1) is 12.0. The van der Waals surface area contributed by atoms with E-state index < -0.39 is 12.9 Å². The third-order valence-electron chi connectivity index (χ3n) is 1.80. The lowest BCUT2D eigenvalue weighted by atomic mass is 9.80. The second kappa shape index (κ2) is 5.70. The quantitative estimate of drug-likeness (QED) is 0.513. The second-order valence-corrected chi connectivity index (χ2v) is 2.90. The minimum absolute atomic E-state index is 0.204. The van der Waals surface area contributed by atoms with Crippen LogP contribution in [0.2, 0.25) is 0 Å². The molecule has 0 saturated heterocycles. The molecule has 0 radical (unpaired) electrons. The first-order valence-electron chi connectivity index (χ1n) is 4.42. The van der Waals surface area contributed by atoms with Crippen LogP contribution in [-0.4, -0.2) is 37.5 Å². The number of ether oxygens (including phenoxy) is 2. The van der Waals surface area contributed by atoms with Crippen molar-refractivity contribution in [1.82, 2.24) is 0 Å². The monoisotopic (exact) mass is 214 g/mol. The highest BCUT2D eigenvalue weighted by atomic mass is 19.1. The number of benzene rings is 1. The van der Waals surface area contributed by atoms with E-state index in [1.807, 2.05) is 0 Å². The van der Waals surface area contributed by atoms with Crippen molar-refractivity contribution in [2.45, 2.75) is 0 Å². The normalized spacial score (nSPS) is 10.1. The van der Waals surface area contributed by atoms with E-state index in [-0.39, 0.29) is 5.46 Å². The van der Waals surface area contributed by atoms with Gasteiger partial charge in [-0.1, -0.05) is 0 Å². The molecule has 0 unspecified atom stereocenters. The van der Waals surface area contributed by atoms with Crippen LogP contribution < -0.4 is 10.2 Å². The van der Waals surface area contributed by atoms with Crippen LogP contribution in [0.15, 0.2) is 18.2 Å². The van der Waals surface area contributed by atoms with Gasteiger partial charge in [0.15, 0.2) is 0 Å². The van der Waals surface area contributed by atoms with Crippen LogP contribution in [0.1, 0.15) is 0 Å². The summed E-state index contributed by atoms with van der Waals surface area (Å²) in [6.07, 6.45) is 0. The number of halogens is 1. The molecule has 4 nitrogen and oxygen atoms in total. The fraction of sp³-hybridized carbons (Fsp3) is 0.333. The number of rotatable bonds is 5. The molecule has 0 amide bonds. The molecule has 0 fully saturated rings. The van der Waals surface area contributed by atoms with Gasteiger partial charge < -0.3 is 19.5 Å². The van der Waals surface area contributed by atoms with Crippen molar-refractivity contribution < 1.29 is 23.9 Å². The molecule has 0 heterocycles. The van der Waals surface area contributed by atoms with Gasteiger partial charge in [-0.3, -0.25) is 0 Å². The van der Waals surface area contributed by atoms with E-state index >= 15 is 0 Å². The van der Waals surface area contributed by atoms with Crippen LogP contribution >= 0.6 is 0 Å². The van der Waals surface area contributed by atoms with Crippen molar-refractivity contribution in [2.75, 3.05) is 20.3 Å². The van der Waals surface area contributed by atoms with E-state index in [2.05, 4.69) is 0 Å². The Balaban J connectivity index is 2.70. The Hall–Kier alpha value is -1.11. The van der Waals surface area contributed by atoms with Crippen LogP contribution in [0.25, 0.3) is 0 Å². The summed E-state index contributed by atoms with van der Waals surface area (Å²) < 4.78 is 23.0. The Kier molecular flexibility index (Phi) is 4.55. The summed E-state index contributed by atoms with van der Waals surface area (Å²) in [4.78, 5) is 0. The summed E-state index contributed by atoms with van der Waals surface area (Å²) in [7, 11) is -0.298. The molecule has 0 aliphatic heterocycles. The Morgan fingerprint density at radius 1 is 1.33 bits per heavy atom. The molecule has 2 N–H and O–H groups in total. The number of methoxy groups -OCH3 is 1. The smallest absolute Gasteiger partial charge is 0.491 e. The van der Waals surface area contributed by atoms with Gasteiger partial charge in [0.1, 0.15) is 18.2 Å². The maximum Gasteiger partial charge on any atom is 0.491 e. The maximum atomic E-state index is 13.0. The molecule has 0 saturated carbocycles. The number of hydrogen-bond acceptors (Lipinski definition) is 4. The zero-order valence-corrected chi connectivity index (χ0v) is 8.31. The predicted molar refractivity (Wildman–Crippen MR) is 53.6 cm³/mol. The van der Waals surface area contributed by atoms with Gasteiger partial charge in [-0.05, 0) is 18.2 Å². The molecule has 0 spiro atoms. The average molecular weight is 214 g/mol. The average Bonchev–Trinajstić information content (AvgIpc) is 2.20. The van der Waals surface area contributed by atoms with Gasteiger partial charge in [0.05, 0.1) is 6.61 Å². The van der Waals surface area contributed by atoms with Gasteiger partial charge >= 0.3 is 7.12 Å². The molecule has 1 aromatic carbocycles. The molecule has 82 valence electrons. The molecule has 0 aliphatic carbocycles. The summed E-state index contributed by atoms with van der Waals surface area (Å²) in [6, 6.07) is 3.78. The summed E-state index contributed by atoms with van der Waals surface area (Å²) >= 11 is 0. The Morgan fingerprint density at radius 3 is 2.67 bits per heavy atom. The summed E-state index contributed by atoms with van der Waals surface area (Å²) in [6.45, 7) is 0.734. The van der Waals surface area contributed by atoms with E-state index in [0.717, 1.165) is 6.07 Å². The molecule has 1 aromatic rings. The van der Waals surface area contributed by atoms with Gasteiger partial charge in [0.25, 0.3) is 0 Å². The molecule has 0 aliphatic rings. The van der Waals surface area contributed by atoms with Crippen LogP contribution in [0.4, 0.5) is 4.39 Å². The van der Waals surface area contributed by atoms with Gasteiger partial charge in [-0.2, -0.15) is 0 Å². The van der Waals surface area contributed by atoms with Crippen molar-refractivity contribution in [2.24, 2.45) is 0 Å². The van der Waals surface area contributed by atoms with Crippen molar-refractivity contribution >= 4 is 12.6 Å². The fourth-order valence-corrected chi connectivity index (χ4v) is 1.05. The zero-order valence-electron chi connectivity index (χ0n) is 8.31. The topological polar surface area (TPSA) is 58.9 Å². The zero-order chi connectivity index (χ0) is 11.3. The lowest BCUT2D eigenvalue weighted by Gasteiger charge is -2.07. The molecule has 0 atom stereocenters. The highest BCUT2D eigenvalue weighted by Gasteiger charge is 2.17. The minimum atomic E-state index is -1.84. The van der Waals surface area contributed by atoms with Crippen LogP contribution in [0, 0.1) is 5.82 Å². The first-order chi connectivity index (χ1) is 7.15.